The molecule has 29 heavy (non-hydrogen) atoms. The zero-order valence-electron chi connectivity index (χ0n) is 16.0. The first-order chi connectivity index (χ1) is 14.1. The lowest BCUT2D eigenvalue weighted by atomic mass is 10.1. The van der Waals surface area contributed by atoms with Crippen LogP contribution in [0.3, 0.4) is 0 Å². The lowest BCUT2D eigenvalue weighted by Gasteiger charge is -2.32. The van der Waals surface area contributed by atoms with Gasteiger partial charge in [0.05, 0.1) is 23.0 Å². The van der Waals surface area contributed by atoms with Crippen LogP contribution in [-0.4, -0.2) is 56.4 Å². The first-order valence-corrected chi connectivity index (χ1v) is 10.4. The molecule has 0 spiro atoms. The highest BCUT2D eigenvalue weighted by Gasteiger charge is 2.24. The Kier molecular flexibility index (Phi) is 5.57. The highest BCUT2D eigenvalue weighted by atomic mass is 79.9. The van der Waals surface area contributed by atoms with Crippen molar-refractivity contribution in [2.24, 2.45) is 0 Å². The first kappa shape index (κ1) is 19.5. The van der Waals surface area contributed by atoms with Crippen LogP contribution in [0, 0.1) is 0 Å². The SMILES string of the molecule is CCOC(=O)N1CCC(Nc2cc(-c3ccccc3O)nc3c(Br)cnn23)CC1. The van der Waals surface area contributed by atoms with Crippen molar-refractivity contribution >= 4 is 33.5 Å². The molecule has 0 aliphatic carbocycles. The number of carbonyl (C=O) groups excluding carboxylic acids is 1. The van der Waals surface area contributed by atoms with Crippen LogP contribution in [-0.2, 0) is 4.74 Å². The molecule has 152 valence electrons. The van der Waals surface area contributed by atoms with Crippen molar-refractivity contribution in [1.29, 1.82) is 0 Å². The van der Waals surface area contributed by atoms with E-state index in [-0.39, 0.29) is 17.9 Å². The van der Waals surface area contributed by atoms with Crippen LogP contribution in [0.2, 0.25) is 0 Å². The molecule has 2 aromatic heterocycles. The normalized spacial score (nSPS) is 14.9. The van der Waals surface area contributed by atoms with Crippen molar-refractivity contribution in [3.63, 3.8) is 0 Å². The molecule has 0 radical (unpaired) electrons. The van der Waals surface area contributed by atoms with Gasteiger partial charge in [0, 0.05) is 30.8 Å². The van der Waals surface area contributed by atoms with Crippen molar-refractivity contribution in [3.8, 4) is 17.0 Å². The van der Waals surface area contributed by atoms with Gasteiger partial charge in [0.15, 0.2) is 5.65 Å². The van der Waals surface area contributed by atoms with Crippen molar-refractivity contribution in [2.45, 2.75) is 25.8 Å². The molecule has 8 nitrogen and oxygen atoms in total. The maximum Gasteiger partial charge on any atom is 0.409 e. The molecule has 0 unspecified atom stereocenters. The van der Waals surface area contributed by atoms with Gasteiger partial charge in [-0.1, -0.05) is 12.1 Å². The van der Waals surface area contributed by atoms with Crippen molar-refractivity contribution < 1.29 is 14.6 Å². The number of hydrogen-bond donors (Lipinski definition) is 2. The second-order valence-electron chi connectivity index (χ2n) is 6.88. The van der Waals surface area contributed by atoms with Gasteiger partial charge in [-0.15, -0.1) is 0 Å². The maximum absolute atomic E-state index is 11.9. The van der Waals surface area contributed by atoms with Crippen LogP contribution in [0.5, 0.6) is 5.75 Å². The third-order valence-electron chi connectivity index (χ3n) is 4.98. The molecule has 1 aliphatic heterocycles. The van der Waals surface area contributed by atoms with Gasteiger partial charge in [-0.2, -0.15) is 9.61 Å². The Morgan fingerprint density at radius 3 is 2.83 bits per heavy atom. The molecule has 0 atom stereocenters. The van der Waals surface area contributed by atoms with Crippen LogP contribution in [0.25, 0.3) is 16.9 Å². The lowest BCUT2D eigenvalue weighted by Crippen LogP contribution is -2.42. The number of phenolic OH excluding ortho intramolecular Hbond substituents is 1. The Morgan fingerprint density at radius 2 is 2.10 bits per heavy atom. The molecule has 2 N–H and O–H groups in total. The summed E-state index contributed by atoms with van der Waals surface area (Å²) in [6.07, 6.45) is 3.05. The van der Waals surface area contributed by atoms with E-state index in [1.165, 1.54) is 0 Å². The molecule has 1 aromatic carbocycles. The predicted octanol–water partition coefficient (Wildman–Crippen LogP) is 3.90. The number of phenols is 1. The molecule has 9 heteroatoms. The Morgan fingerprint density at radius 1 is 1.34 bits per heavy atom. The number of ether oxygens (including phenoxy) is 1. The van der Waals surface area contributed by atoms with Gasteiger partial charge in [-0.3, -0.25) is 0 Å². The van der Waals surface area contributed by atoms with E-state index in [9.17, 15) is 9.90 Å². The third-order valence-corrected chi connectivity index (χ3v) is 5.54. The molecule has 0 bridgehead atoms. The minimum Gasteiger partial charge on any atom is -0.507 e. The number of halogens is 1. The number of hydrogen-bond acceptors (Lipinski definition) is 6. The Bertz CT molecular complexity index is 1030. The van der Waals surface area contributed by atoms with Crippen LogP contribution in [0.4, 0.5) is 10.6 Å². The molecular formula is C20H22BrN5O3. The van der Waals surface area contributed by atoms with Gasteiger partial charge in [0.1, 0.15) is 11.6 Å². The number of amides is 1. The van der Waals surface area contributed by atoms with Crippen molar-refractivity contribution in [3.05, 3.63) is 41.0 Å². The fourth-order valence-electron chi connectivity index (χ4n) is 3.50. The van der Waals surface area contributed by atoms with E-state index in [2.05, 4.69) is 31.3 Å². The fraction of sp³-hybridized carbons (Fsp3) is 0.350. The van der Waals surface area contributed by atoms with E-state index in [0.29, 0.717) is 36.6 Å². The summed E-state index contributed by atoms with van der Waals surface area (Å²) in [6, 6.07) is 9.20. The van der Waals surface area contributed by atoms with Crippen LogP contribution >= 0.6 is 15.9 Å². The highest BCUT2D eigenvalue weighted by molar-refractivity contribution is 9.10. The largest absolute Gasteiger partial charge is 0.507 e. The summed E-state index contributed by atoms with van der Waals surface area (Å²) in [5, 5.41) is 18.2. The number of rotatable bonds is 4. The third kappa shape index (κ3) is 4.00. The summed E-state index contributed by atoms with van der Waals surface area (Å²) < 4.78 is 7.60. The number of carbonyl (C=O) groups is 1. The van der Waals surface area contributed by atoms with Crippen molar-refractivity contribution in [2.75, 3.05) is 25.0 Å². The molecule has 1 saturated heterocycles. The smallest absolute Gasteiger partial charge is 0.409 e. The number of aromatic hydroxyl groups is 1. The molecule has 1 aliphatic rings. The van der Waals surface area contributed by atoms with Gasteiger partial charge < -0.3 is 20.1 Å². The molecular weight excluding hydrogens is 438 g/mol. The molecule has 1 amide bonds. The fourth-order valence-corrected chi connectivity index (χ4v) is 3.85. The zero-order chi connectivity index (χ0) is 20.4. The summed E-state index contributed by atoms with van der Waals surface area (Å²) in [6.45, 7) is 3.47. The summed E-state index contributed by atoms with van der Waals surface area (Å²) in [4.78, 5) is 18.3. The van der Waals surface area contributed by atoms with Crippen LogP contribution in [0.15, 0.2) is 41.0 Å². The van der Waals surface area contributed by atoms with E-state index < -0.39 is 0 Å². The van der Waals surface area contributed by atoms with Crippen molar-refractivity contribution in [1.82, 2.24) is 19.5 Å². The highest BCUT2D eigenvalue weighted by Crippen LogP contribution is 2.31. The van der Waals surface area contributed by atoms with Gasteiger partial charge in [-0.05, 0) is 47.8 Å². The zero-order valence-corrected chi connectivity index (χ0v) is 17.6. The number of benzene rings is 1. The number of nitrogens with one attached hydrogen (secondary N) is 1. The second-order valence-corrected chi connectivity index (χ2v) is 7.73. The van der Waals surface area contributed by atoms with E-state index >= 15 is 0 Å². The van der Waals surface area contributed by atoms with Crippen LogP contribution in [0.1, 0.15) is 19.8 Å². The molecule has 4 rings (SSSR count). The van der Waals surface area contributed by atoms with E-state index in [1.807, 2.05) is 25.1 Å². The molecule has 0 saturated carbocycles. The summed E-state index contributed by atoms with van der Waals surface area (Å²) in [5.41, 5.74) is 1.98. The first-order valence-electron chi connectivity index (χ1n) is 9.57. The topological polar surface area (TPSA) is 92.0 Å². The Labute approximate surface area is 176 Å². The molecule has 3 heterocycles. The number of para-hydroxylation sites is 1. The van der Waals surface area contributed by atoms with E-state index in [1.54, 1.807) is 27.7 Å². The maximum atomic E-state index is 11.9. The van der Waals surface area contributed by atoms with E-state index in [0.717, 1.165) is 23.1 Å². The summed E-state index contributed by atoms with van der Waals surface area (Å²) >= 11 is 3.50. The quantitative estimate of drug-likeness (QED) is 0.614. The average Bonchev–Trinajstić information content (AvgIpc) is 3.10. The lowest BCUT2D eigenvalue weighted by molar-refractivity contribution is 0.0983. The number of anilines is 1. The minimum atomic E-state index is -0.255. The minimum absolute atomic E-state index is 0.175. The predicted molar refractivity (Wildman–Crippen MR) is 113 cm³/mol. The number of aromatic nitrogens is 3. The summed E-state index contributed by atoms with van der Waals surface area (Å²) in [5.74, 6) is 0.960. The standard InChI is InChI=1S/C20H22BrN5O3/c1-2-29-20(28)25-9-7-13(8-10-25)23-18-11-16(14-5-3-4-6-17(14)27)24-19-15(21)12-22-26(18)19/h3-6,11-13,23,27H,2,7-10H2,1H3. The number of fused-ring (bicyclic) bond motifs is 1. The van der Waals surface area contributed by atoms with E-state index in [4.69, 9.17) is 4.74 Å². The average molecular weight is 460 g/mol. The summed E-state index contributed by atoms with van der Waals surface area (Å²) in [7, 11) is 0. The number of piperidine rings is 1. The Hall–Kier alpha value is -2.81. The number of likely N-dealkylation sites (tertiary alicyclic amines) is 1. The second kappa shape index (κ2) is 8.28. The monoisotopic (exact) mass is 459 g/mol. The van der Waals surface area contributed by atoms with Gasteiger partial charge >= 0.3 is 6.09 Å². The van der Waals surface area contributed by atoms with Crippen LogP contribution < -0.4 is 5.32 Å². The molecule has 1 fully saturated rings. The van der Waals surface area contributed by atoms with Gasteiger partial charge in [0.2, 0.25) is 0 Å². The van der Waals surface area contributed by atoms with Gasteiger partial charge in [-0.25, -0.2) is 9.78 Å². The molecule has 3 aromatic rings. The van der Waals surface area contributed by atoms with Gasteiger partial charge in [0.25, 0.3) is 0 Å². The number of nitrogens with zero attached hydrogens (tertiary/aromatic N) is 4. The Balaban J connectivity index is 1.59.